The number of rotatable bonds is 6. The second kappa shape index (κ2) is 7.57. The van der Waals surface area contributed by atoms with E-state index in [-0.39, 0.29) is 0 Å². The zero-order chi connectivity index (χ0) is 15.2. The normalized spacial score (nSPS) is 22.4. The highest BCUT2D eigenvalue weighted by Gasteiger charge is 2.24. The maximum absolute atomic E-state index is 10.8. The Morgan fingerprint density at radius 1 is 1.38 bits per heavy atom. The van der Waals surface area contributed by atoms with Crippen LogP contribution in [-0.4, -0.2) is 30.3 Å². The Balaban J connectivity index is 1.75. The summed E-state index contributed by atoms with van der Waals surface area (Å²) in [7, 11) is 0. The fourth-order valence-corrected chi connectivity index (χ4v) is 2.74. The Labute approximate surface area is 126 Å². The van der Waals surface area contributed by atoms with Crippen LogP contribution in [0.1, 0.15) is 42.6 Å². The Kier molecular flexibility index (Phi) is 5.76. The van der Waals surface area contributed by atoms with E-state index in [4.69, 9.17) is 9.84 Å². The van der Waals surface area contributed by atoms with E-state index >= 15 is 0 Å². The van der Waals surface area contributed by atoms with Gasteiger partial charge in [0.2, 0.25) is 0 Å². The van der Waals surface area contributed by atoms with Gasteiger partial charge in [0.1, 0.15) is 0 Å². The second-order valence-corrected chi connectivity index (χ2v) is 6.18. The fraction of sp³-hybridized carbons (Fsp3) is 0.588. The molecule has 21 heavy (non-hydrogen) atoms. The van der Waals surface area contributed by atoms with Gasteiger partial charge < -0.3 is 15.2 Å². The van der Waals surface area contributed by atoms with E-state index < -0.39 is 5.97 Å². The molecule has 4 nitrogen and oxygen atoms in total. The molecule has 1 aliphatic rings. The lowest BCUT2D eigenvalue weighted by Crippen LogP contribution is -2.34. The minimum atomic E-state index is -0.878. The summed E-state index contributed by atoms with van der Waals surface area (Å²) in [6.07, 6.45) is 2.64. The minimum absolute atomic E-state index is 0.336. The molecule has 1 aromatic carbocycles. The smallest absolute Gasteiger partial charge is 0.335 e. The van der Waals surface area contributed by atoms with Gasteiger partial charge in [0, 0.05) is 13.2 Å². The number of hydrogen-bond donors (Lipinski definition) is 2. The largest absolute Gasteiger partial charge is 0.478 e. The Bertz CT molecular complexity index is 456. The summed E-state index contributed by atoms with van der Waals surface area (Å²) in [6.45, 7) is 7.06. The zero-order valence-electron chi connectivity index (χ0n) is 12.8. The topological polar surface area (TPSA) is 58.6 Å². The first kappa shape index (κ1) is 16.0. The summed E-state index contributed by atoms with van der Waals surface area (Å²) in [5.74, 6) is 0.372. The molecule has 2 unspecified atom stereocenters. The number of nitrogens with one attached hydrogen (secondary N) is 1. The molecule has 0 aliphatic carbocycles. The molecule has 2 rings (SSSR count). The van der Waals surface area contributed by atoms with Gasteiger partial charge in [0.05, 0.1) is 11.7 Å². The molecule has 1 aromatic rings. The molecule has 1 heterocycles. The zero-order valence-corrected chi connectivity index (χ0v) is 12.8. The van der Waals surface area contributed by atoms with E-state index in [1.807, 2.05) is 12.1 Å². The molecular formula is C17H25NO3. The van der Waals surface area contributed by atoms with Crippen LogP contribution in [0.5, 0.6) is 0 Å². The molecule has 1 saturated heterocycles. The van der Waals surface area contributed by atoms with Crippen molar-refractivity contribution < 1.29 is 14.6 Å². The predicted molar refractivity (Wildman–Crippen MR) is 82.4 cm³/mol. The SMILES string of the molecule is CC(C)C1CC(CNCc2ccc(C(=O)O)cc2)CCO1. The van der Waals surface area contributed by atoms with Crippen molar-refractivity contribution in [2.75, 3.05) is 13.2 Å². The third-order valence-electron chi connectivity index (χ3n) is 4.13. The van der Waals surface area contributed by atoms with Crippen LogP contribution < -0.4 is 5.32 Å². The lowest BCUT2D eigenvalue weighted by atomic mass is 9.90. The van der Waals surface area contributed by atoms with Crippen molar-refractivity contribution in [3.05, 3.63) is 35.4 Å². The van der Waals surface area contributed by atoms with Crippen LogP contribution in [0.25, 0.3) is 0 Å². The van der Waals surface area contributed by atoms with Crippen LogP contribution in [0.3, 0.4) is 0 Å². The van der Waals surface area contributed by atoms with Crippen LogP contribution in [0.15, 0.2) is 24.3 Å². The third kappa shape index (κ3) is 4.83. The molecule has 1 fully saturated rings. The first-order chi connectivity index (χ1) is 10.1. The van der Waals surface area contributed by atoms with Crippen molar-refractivity contribution >= 4 is 5.97 Å². The van der Waals surface area contributed by atoms with E-state index in [1.54, 1.807) is 12.1 Å². The van der Waals surface area contributed by atoms with E-state index in [0.717, 1.165) is 38.1 Å². The van der Waals surface area contributed by atoms with Crippen molar-refractivity contribution in [1.29, 1.82) is 0 Å². The highest BCUT2D eigenvalue weighted by atomic mass is 16.5. The Morgan fingerprint density at radius 2 is 2.10 bits per heavy atom. The summed E-state index contributed by atoms with van der Waals surface area (Å²) in [6, 6.07) is 7.06. The minimum Gasteiger partial charge on any atom is -0.478 e. The van der Waals surface area contributed by atoms with Gasteiger partial charge in [-0.25, -0.2) is 4.79 Å². The summed E-state index contributed by atoms with van der Waals surface area (Å²) in [5, 5.41) is 12.3. The fourth-order valence-electron chi connectivity index (χ4n) is 2.74. The van der Waals surface area contributed by atoms with Crippen LogP contribution in [-0.2, 0) is 11.3 Å². The van der Waals surface area contributed by atoms with Crippen molar-refractivity contribution in [2.45, 2.75) is 39.3 Å². The standard InChI is InChI=1S/C17H25NO3/c1-12(2)16-9-14(7-8-21-16)11-18-10-13-3-5-15(6-4-13)17(19)20/h3-6,12,14,16,18H,7-11H2,1-2H3,(H,19,20). The van der Waals surface area contributed by atoms with Gasteiger partial charge in [-0.2, -0.15) is 0 Å². The highest BCUT2D eigenvalue weighted by molar-refractivity contribution is 5.87. The number of carboxylic acid groups (broad SMARTS) is 1. The molecule has 0 radical (unpaired) electrons. The lowest BCUT2D eigenvalue weighted by Gasteiger charge is -2.32. The van der Waals surface area contributed by atoms with Crippen molar-refractivity contribution in [1.82, 2.24) is 5.32 Å². The molecule has 0 bridgehead atoms. The lowest BCUT2D eigenvalue weighted by molar-refractivity contribution is -0.0336. The van der Waals surface area contributed by atoms with Crippen molar-refractivity contribution in [3.8, 4) is 0 Å². The Hall–Kier alpha value is -1.39. The van der Waals surface area contributed by atoms with E-state index in [1.165, 1.54) is 0 Å². The van der Waals surface area contributed by atoms with Crippen LogP contribution in [0.4, 0.5) is 0 Å². The maximum Gasteiger partial charge on any atom is 0.335 e. The van der Waals surface area contributed by atoms with E-state index in [9.17, 15) is 4.79 Å². The van der Waals surface area contributed by atoms with Crippen molar-refractivity contribution in [3.63, 3.8) is 0 Å². The molecule has 116 valence electrons. The third-order valence-corrected chi connectivity index (χ3v) is 4.13. The van der Waals surface area contributed by atoms with Crippen molar-refractivity contribution in [2.24, 2.45) is 11.8 Å². The average molecular weight is 291 g/mol. The number of ether oxygens (including phenoxy) is 1. The first-order valence-electron chi connectivity index (χ1n) is 7.71. The Morgan fingerprint density at radius 3 is 2.71 bits per heavy atom. The summed E-state index contributed by atoms with van der Waals surface area (Å²) in [4.78, 5) is 10.8. The van der Waals surface area contributed by atoms with Gasteiger partial charge in [-0.3, -0.25) is 0 Å². The number of carbonyl (C=O) groups is 1. The van der Waals surface area contributed by atoms with E-state index in [2.05, 4.69) is 19.2 Å². The molecular weight excluding hydrogens is 266 g/mol. The van der Waals surface area contributed by atoms with Gasteiger partial charge >= 0.3 is 5.97 Å². The molecule has 0 spiro atoms. The molecule has 4 heteroatoms. The molecule has 2 N–H and O–H groups in total. The summed E-state index contributed by atoms with van der Waals surface area (Å²) in [5.41, 5.74) is 1.45. The number of benzene rings is 1. The molecule has 1 aliphatic heterocycles. The molecule has 0 saturated carbocycles. The van der Waals surface area contributed by atoms with E-state index in [0.29, 0.717) is 23.5 Å². The van der Waals surface area contributed by atoms with Gasteiger partial charge in [0.15, 0.2) is 0 Å². The second-order valence-electron chi connectivity index (χ2n) is 6.18. The van der Waals surface area contributed by atoms with Gasteiger partial charge in [-0.1, -0.05) is 26.0 Å². The summed E-state index contributed by atoms with van der Waals surface area (Å²) < 4.78 is 5.79. The van der Waals surface area contributed by atoms with Crippen LogP contribution in [0, 0.1) is 11.8 Å². The molecule has 0 amide bonds. The van der Waals surface area contributed by atoms with Gasteiger partial charge in [0.25, 0.3) is 0 Å². The van der Waals surface area contributed by atoms with Crippen LogP contribution >= 0.6 is 0 Å². The van der Waals surface area contributed by atoms with Gasteiger partial charge in [-0.15, -0.1) is 0 Å². The molecule has 2 atom stereocenters. The number of carboxylic acids is 1. The molecule has 0 aromatic heterocycles. The van der Waals surface area contributed by atoms with Gasteiger partial charge in [-0.05, 0) is 48.9 Å². The first-order valence-corrected chi connectivity index (χ1v) is 7.71. The maximum atomic E-state index is 10.8. The predicted octanol–water partition coefficient (Wildman–Crippen LogP) is 2.93. The highest BCUT2D eigenvalue weighted by Crippen LogP contribution is 2.24. The summed E-state index contributed by atoms with van der Waals surface area (Å²) >= 11 is 0. The van der Waals surface area contributed by atoms with Crippen LogP contribution in [0.2, 0.25) is 0 Å². The monoisotopic (exact) mass is 291 g/mol. The number of hydrogen-bond acceptors (Lipinski definition) is 3. The number of aromatic carboxylic acids is 1. The average Bonchev–Trinajstić information content (AvgIpc) is 2.48. The quantitative estimate of drug-likeness (QED) is 0.846.